The fourth-order valence-corrected chi connectivity index (χ4v) is 6.09. The normalized spacial score (nSPS) is 13.6. The van der Waals surface area contributed by atoms with Crippen molar-refractivity contribution < 1.29 is 37.6 Å². The van der Waals surface area contributed by atoms with Gasteiger partial charge in [0.1, 0.15) is 6.61 Å². The molecule has 2 unspecified atom stereocenters. The summed E-state index contributed by atoms with van der Waals surface area (Å²) in [5.41, 5.74) is 5.33. The Bertz CT molecular complexity index is 866. The van der Waals surface area contributed by atoms with E-state index in [1.807, 2.05) is 0 Å². The van der Waals surface area contributed by atoms with Crippen LogP contribution in [0.3, 0.4) is 0 Å². The van der Waals surface area contributed by atoms with Gasteiger partial charge in [0.15, 0.2) is 6.10 Å². The van der Waals surface area contributed by atoms with Gasteiger partial charge in [-0.1, -0.05) is 128 Å². The van der Waals surface area contributed by atoms with Gasteiger partial charge < -0.3 is 20.1 Å². The van der Waals surface area contributed by atoms with Gasteiger partial charge in [-0.2, -0.15) is 0 Å². The zero-order valence-corrected chi connectivity index (χ0v) is 32.3. The quantitative estimate of drug-likeness (QED) is 0.0279. The number of ether oxygens (including phenoxy) is 2. The average Bonchev–Trinajstić information content (AvgIpc) is 3.08. The maximum Gasteiger partial charge on any atom is 0.472 e. The van der Waals surface area contributed by atoms with Gasteiger partial charge in [0.2, 0.25) is 0 Å². The van der Waals surface area contributed by atoms with Gasteiger partial charge in [0, 0.05) is 19.4 Å². The number of hydrogen-bond donors (Lipinski definition) is 2. The highest BCUT2D eigenvalue weighted by molar-refractivity contribution is 7.47. The summed E-state index contributed by atoms with van der Waals surface area (Å²) in [4.78, 5) is 34.7. The minimum absolute atomic E-state index is 0.0517. The maximum absolute atomic E-state index is 12.5. The average molecular weight is 716 g/mol. The van der Waals surface area contributed by atoms with Crippen molar-refractivity contribution in [2.24, 2.45) is 5.73 Å². The first-order valence-corrected chi connectivity index (χ1v) is 21.3. The van der Waals surface area contributed by atoms with Crippen LogP contribution in [-0.2, 0) is 32.7 Å². The maximum atomic E-state index is 12.5. The van der Waals surface area contributed by atoms with Gasteiger partial charge in [0.25, 0.3) is 0 Å². The van der Waals surface area contributed by atoms with E-state index in [-0.39, 0.29) is 32.6 Å². The number of unbranched alkanes of at least 4 members (excludes halogenated alkanes) is 20. The van der Waals surface area contributed by atoms with Crippen LogP contribution in [0.4, 0.5) is 0 Å². The Balaban J connectivity index is 4.22. The monoisotopic (exact) mass is 716 g/mol. The molecule has 0 aromatic heterocycles. The molecule has 9 nitrogen and oxygen atoms in total. The Morgan fingerprint density at radius 2 is 1.00 bits per heavy atom. The van der Waals surface area contributed by atoms with Crippen LogP contribution in [-0.4, -0.2) is 49.3 Å². The Hall–Kier alpha value is -1.51. The summed E-state index contributed by atoms with van der Waals surface area (Å²) in [7, 11) is -4.37. The van der Waals surface area contributed by atoms with Crippen LogP contribution in [0.2, 0.25) is 0 Å². The highest BCUT2D eigenvalue weighted by Crippen LogP contribution is 2.43. The Morgan fingerprint density at radius 3 is 1.47 bits per heavy atom. The summed E-state index contributed by atoms with van der Waals surface area (Å²) in [5, 5.41) is 0. The lowest BCUT2D eigenvalue weighted by Crippen LogP contribution is -2.29. The van der Waals surface area contributed by atoms with Crippen molar-refractivity contribution in [3.8, 4) is 0 Å². The number of hydrogen-bond acceptors (Lipinski definition) is 8. The predicted octanol–water partition coefficient (Wildman–Crippen LogP) is 10.8. The summed E-state index contributed by atoms with van der Waals surface area (Å²) in [6, 6.07) is 0. The van der Waals surface area contributed by atoms with Crippen LogP contribution in [0.1, 0.15) is 181 Å². The molecule has 2 atom stereocenters. The minimum atomic E-state index is -4.37. The number of phosphoric ester groups is 1. The molecule has 0 aromatic rings. The molecule has 49 heavy (non-hydrogen) atoms. The first-order valence-electron chi connectivity index (χ1n) is 19.8. The second kappa shape index (κ2) is 36.3. The fraction of sp³-hybridized carbons (Fsp3) is 0.846. The molecule has 288 valence electrons. The summed E-state index contributed by atoms with van der Waals surface area (Å²) in [6.07, 6.45) is 36.3. The molecule has 10 heteroatoms. The molecular weight excluding hydrogens is 641 g/mol. The number of nitrogens with two attached hydrogens (primary N) is 1. The van der Waals surface area contributed by atoms with E-state index in [0.29, 0.717) is 6.42 Å². The first kappa shape index (κ1) is 47.5. The molecule has 0 radical (unpaired) electrons. The molecule has 0 amide bonds. The van der Waals surface area contributed by atoms with Gasteiger partial charge in [0.05, 0.1) is 13.2 Å². The number of phosphoric acid groups is 1. The second-order valence-corrected chi connectivity index (χ2v) is 14.6. The molecule has 0 saturated heterocycles. The van der Waals surface area contributed by atoms with Gasteiger partial charge in [-0.25, -0.2) is 4.57 Å². The molecular formula is C39H74NO8P. The molecule has 0 aliphatic heterocycles. The molecule has 0 aliphatic carbocycles. The van der Waals surface area contributed by atoms with Crippen molar-refractivity contribution >= 4 is 19.8 Å². The first-order chi connectivity index (χ1) is 23.8. The summed E-state index contributed by atoms with van der Waals surface area (Å²) >= 11 is 0. The van der Waals surface area contributed by atoms with Gasteiger partial charge in [-0.05, 0) is 64.2 Å². The number of esters is 2. The van der Waals surface area contributed by atoms with Crippen LogP contribution in [0.25, 0.3) is 0 Å². The lowest BCUT2D eigenvalue weighted by atomic mass is 10.1. The Kier molecular flexibility index (Phi) is 35.2. The number of allylic oxidation sites excluding steroid dienone is 4. The smallest absolute Gasteiger partial charge is 0.462 e. The van der Waals surface area contributed by atoms with Crippen molar-refractivity contribution in [1.82, 2.24) is 0 Å². The van der Waals surface area contributed by atoms with E-state index < -0.39 is 32.5 Å². The molecule has 0 heterocycles. The van der Waals surface area contributed by atoms with Crippen molar-refractivity contribution in [3.63, 3.8) is 0 Å². The summed E-state index contributed by atoms with van der Waals surface area (Å²) in [5.74, 6) is -0.847. The largest absolute Gasteiger partial charge is 0.472 e. The van der Waals surface area contributed by atoms with Gasteiger partial charge >= 0.3 is 19.8 Å². The van der Waals surface area contributed by atoms with Crippen molar-refractivity contribution in [2.75, 3.05) is 26.4 Å². The zero-order chi connectivity index (χ0) is 36.1. The van der Waals surface area contributed by atoms with E-state index in [1.165, 1.54) is 77.0 Å². The molecule has 0 aliphatic rings. The molecule has 0 aromatic carbocycles. The standard InChI is InChI=1S/C39H74NO8P/c1-3-5-7-9-11-13-15-17-18-20-21-23-25-27-29-31-38(41)45-35-37(36-47-49(43,44)46-34-33-40)48-39(42)32-30-28-26-24-22-19-16-14-12-10-8-6-4-2/h14,16-18,37H,3-13,15,19-36,40H2,1-2H3,(H,43,44). The number of carbonyl (C=O) groups excluding carboxylic acids is 2. The number of rotatable bonds is 37. The topological polar surface area (TPSA) is 134 Å². The molecule has 0 spiro atoms. The van der Waals surface area contributed by atoms with E-state index in [2.05, 4.69) is 38.2 Å². The lowest BCUT2D eigenvalue weighted by Gasteiger charge is -2.19. The number of carbonyl (C=O) groups is 2. The SMILES string of the molecule is CCCCCCC=CCCCCCCCC(=O)OC(COC(=O)CCCCCCCC=CCCCCCCCC)COP(=O)(O)OCCN. The molecule has 0 saturated carbocycles. The van der Waals surface area contributed by atoms with Crippen molar-refractivity contribution in [1.29, 1.82) is 0 Å². The summed E-state index contributed by atoms with van der Waals surface area (Å²) in [6.45, 7) is 3.69. The van der Waals surface area contributed by atoms with Crippen LogP contribution in [0.15, 0.2) is 24.3 Å². The molecule has 3 N–H and O–H groups in total. The minimum Gasteiger partial charge on any atom is -0.462 e. The predicted molar refractivity (Wildman–Crippen MR) is 201 cm³/mol. The molecule has 0 rings (SSSR count). The van der Waals surface area contributed by atoms with E-state index in [0.717, 1.165) is 70.6 Å². The van der Waals surface area contributed by atoms with Crippen LogP contribution in [0.5, 0.6) is 0 Å². The summed E-state index contributed by atoms with van der Waals surface area (Å²) < 4.78 is 32.6. The Labute approximate surface area is 300 Å². The van der Waals surface area contributed by atoms with Crippen molar-refractivity contribution in [2.45, 2.75) is 187 Å². The van der Waals surface area contributed by atoms with Crippen LogP contribution in [0, 0.1) is 0 Å². The molecule has 0 fully saturated rings. The molecule has 0 bridgehead atoms. The Morgan fingerprint density at radius 1 is 0.592 bits per heavy atom. The fourth-order valence-electron chi connectivity index (χ4n) is 5.33. The van der Waals surface area contributed by atoms with E-state index in [4.69, 9.17) is 24.3 Å². The highest BCUT2D eigenvalue weighted by atomic mass is 31.2. The zero-order valence-electron chi connectivity index (χ0n) is 31.4. The van der Waals surface area contributed by atoms with E-state index in [1.54, 1.807) is 0 Å². The van der Waals surface area contributed by atoms with Crippen molar-refractivity contribution in [3.05, 3.63) is 24.3 Å². The van der Waals surface area contributed by atoms with E-state index in [9.17, 15) is 19.0 Å². The van der Waals surface area contributed by atoms with Crippen LogP contribution >= 0.6 is 7.82 Å². The van der Waals surface area contributed by atoms with Crippen LogP contribution < -0.4 is 5.73 Å². The third kappa shape index (κ3) is 36.1. The van der Waals surface area contributed by atoms with Gasteiger partial charge in [-0.15, -0.1) is 0 Å². The second-order valence-electron chi connectivity index (χ2n) is 13.1. The third-order valence-corrected chi connectivity index (χ3v) is 9.29. The van der Waals surface area contributed by atoms with E-state index >= 15 is 0 Å². The lowest BCUT2D eigenvalue weighted by molar-refractivity contribution is -0.161. The highest BCUT2D eigenvalue weighted by Gasteiger charge is 2.25. The third-order valence-electron chi connectivity index (χ3n) is 8.31. The van der Waals surface area contributed by atoms with Gasteiger partial charge in [-0.3, -0.25) is 18.6 Å².